The highest BCUT2D eigenvalue weighted by Gasteiger charge is 2.09. The van der Waals surface area contributed by atoms with Crippen LogP contribution in [0, 0.1) is 0 Å². The molecule has 1 aromatic carbocycles. The third-order valence-electron chi connectivity index (χ3n) is 2.32. The van der Waals surface area contributed by atoms with Crippen LogP contribution in [0.25, 0.3) is 10.9 Å². The largest absolute Gasteiger partial charge is 0.398 e. The Bertz CT molecular complexity index is 537. The van der Waals surface area contributed by atoms with Crippen LogP contribution in [0.3, 0.4) is 0 Å². The summed E-state index contributed by atoms with van der Waals surface area (Å²) in [5.74, 6) is -0.194. The summed E-state index contributed by atoms with van der Waals surface area (Å²) in [4.78, 5) is 15.9. The summed E-state index contributed by atoms with van der Waals surface area (Å²) in [6, 6.07) is 9.10. The van der Waals surface area contributed by atoms with Gasteiger partial charge in [0.25, 0.3) is 5.91 Å². The fraction of sp³-hybridized carbons (Fsp3) is 0.167. The number of hydrogen-bond acceptors (Lipinski definition) is 3. The second-order valence-electron chi connectivity index (χ2n) is 3.47. The summed E-state index contributed by atoms with van der Waals surface area (Å²) < 4.78 is 0. The highest BCUT2D eigenvalue weighted by molar-refractivity contribution is 5.99. The number of benzene rings is 1. The fourth-order valence-electron chi connectivity index (χ4n) is 1.57. The molecule has 4 heteroatoms. The Hall–Kier alpha value is -2.10. The van der Waals surface area contributed by atoms with Crippen molar-refractivity contribution in [3.8, 4) is 0 Å². The number of nitrogens with zero attached hydrogens (tertiary/aromatic N) is 1. The molecule has 0 spiro atoms. The van der Waals surface area contributed by atoms with Crippen LogP contribution >= 0.6 is 0 Å². The van der Waals surface area contributed by atoms with Crippen molar-refractivity contribution in [2.45, 2.75) is 6.92 Å². The van der Waals surface area contributed by atoms with E-state index >= 15 is 0 Å². The average Bonchev–Trinajstić information content (AvgIpc) is 2.29. The number of carbonyl (C=O) groups excluding carboxylic acids is 1. The first-order chi connectivity index (χ1) is 7.72. The zero-order valence-electron chi connectivity index (χ0n) is 9.03. The Balaban J connectivity index is 2.53. The molecule has 0 unspecified atom stereocenters. The Morgan fingerprint density at radius 3 is 2.94 bits per heavy atom. The molecule has 1 heterocycles. The van der Waals surface area contributed by atoms with Gasteiger partial charge in [0.05, 0.1) is 5.52 Å². The number of carbonyl (C=O) groups is 1. The lowest BCUT2D eigenvalue weighted by Crippen LogP contribution is -2.23. The highest BCUT2D eigenvalue weighted by Crippen LogP contribution is 2.19. The standard InChI is InChI=1S/C12H13N3O/c1-2-14-12(16)11-7-9(13)8-5-3-4-6-10(8)15-11/h3-7H,2H2,1H3,(H2,13,15)(H,14,16). The van der Waals surface area contributed by atoms with Crippen LogP contribution in [-0.2, 0) is 0 Å². The molecule has 0 aliphatic rings. The SMILES string of the molecule is CCNC(=O)c1cc(N)c2ccccc2n1. The molecular weight excluding hydrogens is 202 g/mol. The molecular formula is C12H13N3O. The minimum atomic E-state index is -0.194. The van der Waals surface area contributed by atoms with Gasteiger partial charge in [-0.15, -0.1) is 0 Å². The number of rotatable bonds is 2. The smallest absolute Gasteiger partial charge is 0.269 e. The van der Waals surface area contributed by atoms with E-state index in [0.717, 1.165) is 10.9 Å². The van der Waals surface area contributed by atoms with Gasteiger partial charge >= 0.3 is 0 Å². The lowest BCUT2D eigenvalue weighted by atomic mass is 10.1. The first-order valence-electron chi connectivity index (χ1n) is 5.16. The maximum Gasteiger partial charge on any atom is 0.269 e. The number of nitrogens with two attached hydrogens (primary N) is 1. The number of para-hydroxylation sites is 1. The maximum atomic E-state index is 11.6. The fourth-order valence-corrected chi connectivity index (χ4v) is 1.57. The van der Waals surface area contributed by atoms with Gasteiger partial charge in [-0.1, -0.05) is 18.2 Å². The molecule has 0 radical (unpaired) electrons. The van der Waals surface area contributed by atoms with Gasteiger partial charge in [-0.3, -0.25) is 4.79 Å². The molecule has 3 N–H and O–H groups in total. The number of aromatic nitrogens is 1. The number of pyridine rings is 1. The molecule has 0 aliphatic carbocycles. The van der Waals surface area contributed by atoms with Gasteiger partial charge in [-0.2, -0.15) is 0 Å². The van der Waals surface area contributed by atoms with Crippen LogP contribution in [0.2, 0.25) is 0 Å². The number of nitrogens with one attached hydrogen (secondary N) is 1. The van der Waals surface area contributed by atoms with Crippen LogP contribution in [-0.4, -0.2) is 17.4 Å². The summed E-state index contributed by atoms with van der Waals surface area (Å²) in [6.45, 7) is 2.44. The van der Waals surface area contributed by atoms with Crippen molar-refractivity contribution in [1.29, 1.82) is 0 Å². The van der Waals surface area contributed by atoms with Crippen molar-refractivity contribution in [3.05, 3.63) is 36.0 Å². The van der Waals surface area contributed by atoms with Gasteiger partial charge < -0.3 is 11.1 Å². The van der Waals surface area contributed by atoms with Gasteiger partial charge in [-0.05, 0) is 19.1 Å². The van der Waals surface area contributed by atoms with Gasteiger partial charge in [0.1, 0.15) is 5.69 Å². The van der Waals surface area contributed by atoms with Crippen molar-refractivity contribution >= 4 is 22.5 Å². The third-order valence-corrected chi connectivity index (χ3v) is 2.32. The lowest BCUT2D eigenvalue weighted by molar-refractivity contribution is 0.0951. The number of anilines is 1. The van der Waals surface area contributed by atoms with E-state index in [1.807, 2.05) is 31.2 Å². The first-order valence-corrected chi connectivity index (χ1v) is 5.16. The zero-order chi connectivity index (χ0) is 11.5. The van der Waals surface area contributed by atoms with Gasteiger partial charge in [0, 0.05) is 17.6 Å². The number of amides is 1. The van der Waals surface area contributed by atoms with Crippen LogP contribution in [0.4, 0.5) is 5.69 Å². The van der Waals surface area contributed by atoms with Crippen molar-refractivity contribution in [2.24, 2.45) is 0 Å². The Labute approximate surface area is 93.5 Å². The summed E-state index contributed by atoms with van der Waals surface area (Å²) in [6.07, 6.45) is 0. The first kappa shape index (κ1) is 10.4. The highest BCUT2D eigenvalue weighted by atomic mass is 16.1. The second kappa shape index (κ2) is 4.18. The molecule has 16 heavy (non-hydrogen) atoms. The van der Waals surface area contributed by atoms with Gasteiger partial charge in [0.2, 0.25) is 0 Å². The molecule has 0 saturated carbocycles. The van der Waals surface area contributed by atoms with Crippen LogP contribution in [0.15, 0.2) is 30.3 Å². The predicted octanol–water partition coefficient (Wildman–Crippen LogP) is 1.57. The lowest BCUT2D eigenvalue weighted by Gasteiger charge is -2.05. The van der Waals surface area contributed by atoms with Crippen LogP contribution in [0.1, 0.15) is 17.4 Å². The average molecular weight is 215 g/mol. The Kier molecular flexibility index (Phi) is 2.72. The van der Waals surface area contributed by atoms with E-state index in [-0.39, 0.29) is 5.91 Å². The molecule has 0 bridgehead atoms. The number of hydrogen-bond donors (Lipinski definition) is 2. The molecule has 0 atom stereocenters. The normalized spacial score (nSPS) is 10.3. The van der Waals surface area contributed by atoms with Crippen LogP contribution in [0.5, 0.6) is 0 Å². The Morgan fingerprint density at radius 2 is 2.19 bits per heavy atom. The zero-order valence-corrected chi connectivity index (χ0v) is 9.03. The van der Waals surface area contributed by atoms with Crippen LogP contribution < -0.4 is 11.1 Å². The molecule has 0 fully saturated rings. The van der Waals surface area contributed by atoms with E-state index in [1.165, 1.54) is 0 Å². The topological polar surface area (TPSA) is 68.0 Å². The number of fused-ring (bicyclic) bond motifs is 1. The predicted molar refractivity (Wildman–Crippen MR) is 64.2 cm³/mol. The van der Waals surface area contributed by atoms with E-state index in [0.29, 0.717) is 17.9 Å². The summed E-state index contributed by atoms with van der Waals surface area (Å²) in [5.41, 5.74) is 7.55. The van der Waals surface area contributed by atoms with Gasteiger partial charge in [0.15, 0.2) is 0 Å². The molecule has 0 saturated heterocycles. The van der Waals surface area contributed by atoms with Crippen molar-refractivity contribution in [2.75, 3.05) is 12.3 Å². The van der Waals surface area contributed by atoms with Gasteiger partial charge in [-0.25, -0.2) is 4.98 Å². The molecule has 82 valence electrons. The molecule has 2 aromatic rings. The summed E-state index contributed by atoms with van der Waals surface area (Å²) in [5, 5.41) is 3.57. The minimum absolute atomic E-state index is 0.194. The van der Waals surface area contributed by atoms with E-state index in [2.05, 4.69) is 10.3 Å². The molecule has 1 aromatic heterocycles. The monoisotopic (exact) mass is 215 g/mol. The summed E-state index contributed by atoms with van der Waals surface area (Å²) >= 11 is 0. The molecule has 2 rings (SSSR count). The second-order valence-corrected chi connectivity index (χ2v) is 3.47. The van der Waals surface area contributed by atoms with Crippen molar-refractivity contribution < 1.29 is 4.79 Å². The quantitative estimate of drug-likeness (QED) is 0.799. The number of nitrogen functional groups attached to an aromatic ring is 1. The molecule has 1 amide bonds. The van der Waals surface area contributed by atoms with E-state index < -0.39 is 0 Å². The molecule has 0 aliphatic heterocycles. The van der Waals surface area contributed by atoms with E-state index in [9.17, 15) is 4.79 Å². The molecule has 4 nitrogen and oxygen atoms in total. The van der Waals surface area contributed by atoms with Crippen molar-refractivity contribution in [1.82, 2.24) is 10.3 Å². The third kappa shape index (κ3) is 1.82. The van der Waals surface area contributed by atoms with E-state index in [4.69, 9.17) is 5.73 Å². The minimum Gasteiger partial charge on any atom is -0.398 e. The van der Waals surface area contributed by atoms with E-state index in [1.54, 1.807) is 6.07 Å². The maximum absolute atomic E-state index is 11.6. The summed E-state index contributed by atoms with van der Waals surface area (Å²) in [7, 11) is 0. The van der Waals surface area contributed by atoms with Crippen molar-refractivity contribution in [3.63, 3.8) is 0 Å². The Morgan fingerprint density at radius 1 is 1.44 bits per heavy atom.